The first kappa shape index (κ1) is 9.84. The monoisotopic (exact) mass is 150 g/mol. The van der Waals surface area contributed by atoms with E-state index in [9.17, 15) is 5.11 Å². The van der Waals surface area contributed by atoms with Gasteiger partial charge in [0.05, 0.1) is 13.2 Å². The van der Waals surface area contributed by atoms with E-state index < -0.39 is 24.7 Å². The molecule has 4 nitrogen and oxygen atoms in total. The Kier molecular flexibility index (Phi) is 3.81. The minimum atomic E-state index is -1.55. The fourth-order valence-corrected chi connectivity index (χ4v) is 0.532. The highest BCUT2D eigenvalue weighted by Gasteiger charge is 2.31. The highest BCUT2D eigenvalue weighted by atomic mass is 16.4. The molecule has 0 aliphatic heterocycles. The molecule has 0 bridgehead atoms. The molecule has 0 aliphatic rings. The van der Waals surface area contributed by atoms with Crippen LogP contribution >= 0.6 is 0 Å². The average molecular weight is 150 g/mol. The molecule has 10 heavy (non-hydrogen) atoms. The van der Waals surface area contributed by atoms with Gasteiger partial charge in [0.2, 0.25) is 0 Å². The van der Waals surface area contributed by atoms with E-state index in [1.54, 1.807) is 6.92 Å². The Morgan fingerprint density at radius 3 is 1.70 bits per heavy atom. The van der Waals surface area contributed by atoms with E-state index in [2.05, 4.69) is 0 Å². The predicted octanol–water partition coefficient (Wildman–Crippen LogP) is -1.67. The first-order chi connectivity index (χ1) is 4.60. The van der Waals surface area contributed by atoms with Crippen LogP contribution in [-0.4, -0.2) is 45.8 Å². The quantitative estimate of drug-likeness (QED) is 0.386. The van der Waals surface area contributed by atoms with Gasteiger partial charge in [-0.1, -0.05) is 6.92 Å². The Bertz CT molecular complexity index is 89.7. The van der Waals surface area contributed by atoms with Crippen LogP contribution in [0, 0.1) is 5.92 Å². The molecule has 4 N–H and O–H groups in total. The number of aliphatic hydroxyl groups excluding tert-OH is 3. The highest BCUT2D eigenvalue weighted by molar-refractivity contribution is 4.81. The summed E-state index contributed by atoms with van der Waals surface area (Å²) in [6.45, 7) is 0.223. The lowest BCUT2D eigenvalue weighted by molar-refractivity contribution is -0.102. The molecule has 0 aromatic heterocycles. The van der Waals surface area contributed by atoms with E-state index in [1.165, 1.54) is 0 Å². The molecule has 0 amide bonds. The highest BCUT2D eigenvalue weighted by Crippen LogP contribution is 2.14. The summed E-state index contributed by atoms with van der Waals surface area (Å²) in [6, 6.07) is 0. The number of hydrogen-bond acceptors (Lipinski definition) is 4. The van der Waals surface area contributed by atoms with Gasteiger partial charge in [-0.05, 0) is 0 Å². The summed E-state index contributed by atoms with van der Waals surface area (Å²) in [5.41, 5.74) is -1.55. The minimum absolute atomic E-state index is 0.252. The van der Waals surface area contributed by atoms with Crippen molar-refractivity contribution in [1.29, 1.82) is 0 Å². The van der Waals surface area contributed by atoms with Crippen LogP contribution in [0.15, 0.2) is 0 Å². The third kappa shape index (κ3) is 1.91. The summed E-state index contributed by atoms with van der Waals surface area (Å²) >= 11 is 0. The van der Waals surface area contributed by atoms with Crippen molar-refractivity contribution in [3.05, 3.63) is 0 Å². The molecule has 0 saturated heterocycles. The minimum Gasteiger partial charge on any atom is -0.396 e. The van der Waals surface area contributed by atoms with Gasteiger partial charge in [0.25, 0.3) is 0 Å². The fourth-order valence-electron chi connectivity index (χ4n) is 0.532. The van der Waals surface area contributed by atoms with Gasteiger partial charge in [0.15, 0.2) is 0 Å². The fraction of sp³-hybridized carbons (Fsp3) is 1.00. The van der Waals surface area contributed by atoms with Gasteiger partial charge in [-0.3, -0.25) is 0 Å². The maximum atomic E-state index is 9.24. The summed E-state index contributed by atoms with van der Waals surface area (Å²) in [5, 5.41) is 34.9. The SMILES string of the molecule is CC(CO)C(O)(CO)CO. The van der Waals surface area contributed by atoms with Crippen LogP contribution in [0.25, 0.3) is 0 Å². The lowest BCUT2D eigenvalue weighted by Gasteiger charge is -2.28. The van der Waals surface area contributed by atoms with E-state index in [0.29, 0.717) is 0 Å². The molecule has 62 valence electrons. The number of hydrogen-bond donors (Lipinski definition) is 4. The first-order valence-electron chi connectivity index (χ1n) is 3.15. The van der Waals surface area contributed by atoms with E-state index in [-0.39, 0.29) is 6.61 Å². The van der Waals surface area contributed by atoms with Crippen LogP contribution in [0.2, 0.25) is 0 Å². The molecule has 0 aromatic carbocycles. The zero-order valence-corrected chi connectivity index (χ0v) is 5.99. The smallest absolute Gasteiger partial charge is 0.115 e. The van der Waals surface area contributed by atoms with Gasteiger partial charge < -0.3 is 20.4 Å². The van der Waals surface area contributed by atoms with Gasteiger partial charge in [0, 0.05) is 12.5 Å². The Labute approximate surface area is 59.7 Å². The van der Waals surface area contributed by atoms with Crippen molar-refractivity contribution in [2.45, 2.75) is 12.5 Å². The zero-order chi connectivity index (χ0) is 8.20. The lowest BCUT2D eigenvalue weighted by atomic mass is 9.91. The predicted molar refractivity (Wildman–Crippen MR) is 35.4 cm³/mol. The molecule has 0 aliphatic carbocycles. The molecular formula is C6H14O4. The van der Waals surface area contributed by atoms with Crippen LogP contribution < -0.4 is 0 Å². The average Bonchev–Trinajstić information content (AvgIpc) is 2.01. The standard InChI is InChI=1S/C6H14O4/c1-5(2-7)6(10,3-8)4-9/h5,7-10H,2-4H2,1H3. The van der Waals surface area contributed by atoms with Crippen LogP contribution in [-0.2, 0) is 0 Å². The molecule has 0 aromatic rings. The largest absolute Gasteiger partial charge is 0.396 e. The summed E-state index contributed by atoms with van der Waals surface area (Å²) in [5.74, 6) is -0.512. The van der Waals surface area contributed by atoms with E-state index in [0.717, 1.165) is 0 Å². The second-order valence-corrected chi connectivity index (χ2v) is 2.50. The van der Waals surface area contributed by atoms with Crippen LogP contribution in [0.4, 0.5) is 0 Å². The summed E-state index contributed by atoms with van der Waals surface area (Å²) in [4.78, 5) is 0. The van der Waals surface area contributed by atoms with Crippen LogP contribution in [0.1, 0.15) is 6.92 Å². The van der Waals surface area contributed by atoms with Crippen molar-refractivity contribution in [2.24, 2.45) is 5.92 Å². The number of aliphatic hydroxyl groups is 4. The third-order valence-corrected chi connectivity index (χ3v) is 1.74. The molecule has 0 heterocycles. The summed E-state index contributed by atoms with van der Waals surface area (Å²) in [7, 11) is 0. The van der Waals surface area contributed by atoms with Gasteiger partial charge in [-0.25, -0.2) is 0 Å². The molecular weight excluding hydrogens is 136 g/mol. The van der Waals surface area contributed by atoms with Crippen molar-refractivity contribution in [3.8, 4) is 0 Å². The van der Waals surface area contributed by atoms with Gasteiger partial charge in [0.1, 0.15) is 5.60 Å². The van der Waals surface area contributed by atoms with Gasteiger partial charge >= 0.3 is 0 Å². The normalized spacial score (nSPS) is 15.3. The Hall–Kier alpha value is -0.160. The first-order valence-corrected chi connectivity index (χ1v) is 3.15. The molecule has 0 spiro atoms. The topological polar surface area (TPSA) is 80.9 Å². The summed E-state index contributed by atoms with van der Waals surface area (Å²) in [6.07, 6.45) is 0. The Morgan fingerprint density at radius 2 is 1.60 bits per heavy atom. The molecule has 1 unspecified atom stereocenters. The second-order valence-electron chi connectivity index (χ2n) is 2.50. The van der Waals surface area contributed by atoms with Gasteiger partial charge in [-0.15, -0.1) is 0 Å². The van der Waals surface area contributed by atoms with Crippen LogP contribution in [0.3, 0.4) is 0 Å². The number of rotatable bonds is 4. The third-order valence-electron chi connectivity index (χ3n) is 1.74. The van der Waals surface area contributed by atoms with Crippen molar-refractivity contribution in [1.82, 2.24) is 0 Å². The van der Waals surface area contributed by atoms with Crippen molar-refractivity contribution < 1.29 is 20.4 Å². The maximum absolute atomic E-state index is 9.24. The molecule has 0 saturated carbocycles. The van der Waals surface area contributed by atoms with Crippen molar-refractivity contribution in [3.63, 3.8) is 0 Å². The molecule has 0 radical (unpaired) electrons. The molecule has 0 rings (SSSR count). The zero-order valence-electron chi connectivity index (χ0n) is 5.99. The Balaban J connectivity index is 4.02. The van der Waals surface area contributed by atoms with E-state index in [4.69, 9.17) is 15.3 Å². The van der Waals surface area contributed by atoms with E-state index in [1.807, 2.05) is 0 Å². The molecule has 0 fully saturated rings. The summed E-state index contributed by atoms with van der Waals surface area (Å²) < 4.78 is 0. The molecule has 1 atom stereocenters. The maximum Gasteiger partial charge on any atom is 0.115 e. The van der Waals surface area contributed by atoms with Crippen molar-refractivity contribution >= 4 is 0 Å². The van der Waals surface area contributed by atoms with Gasteiger partial charge in [-0.2, -0.15) is 0 Å². The van der Waals surface area contributed by atoms with E-state index >= 15 is 0 Å². The van der Waals surface area contributed by atoms with Crippen molar-refractivity contribution in [2.75, 3.05) is 19.8 Å². The Morgan fingerprint density at radius 1 is 1.20 bits per heavy atom. The van der Waals surface area contributed by atoms with Crippen LogP contribution in [0.5, 0.6) is 0 Å². The molecule has 4 heteroatoms. The lowest BCUT2D eigenvalue weighted by Crippen LogP contribution is -2.45. The second kappa shape index (κ2) is 3.88.